The zero-order chi connectivity index (χ0) is 25.9. The molecule has 0 radical (unpaired) electrons. The minimum Gasteiger partial charge on any atom is -0.464 e. The van der Waals surface area contributed by atoms with Crippen molar-refractivity contribution >= 4 is 21.8 Å². The Kier molecular flexibility index (Phi) is 7.51. The van der Waals surface area contributed by atoms with Crippen molar-refractivity contribution in [3.8, 4) is 11.3 Å². The SMILES string of the molecule is CC(C)C(=O)N1C(C)CN(S(=O)(=O)c2ccccc2)CC1C(=O)NCc1ncc(-c2ccco2)cn1. The number of hydrogen-bond acceptors (Lipinski definition) is 7. The van der Waals surface area contributed by atoms with Gasteiger partial charge in [0.1, 0.15) is 17.6 Å². The van der Waals surface area contributed by atoms with Crippen molar-refractivity contribution in [1.82, 2.24) is 24.5 Å². The molecule has 1 fully saturated rings. The van der Waals surface area contributed by atoms with Gasteiger partial charge in [-0.1, -0.05) is 32.0 Å². The Morgan fingerprint density at radius 3 is 2.39 bits per heavy atom. The van der Waals surface area contributed by atoms with E-state index in [0.717, 1.165) is 0 Å². The van der Waals surface area contributed by atoms with Gasteiger partial charge in [-0.25, -0.2) is 18.4 Å². The van der Waals surface area contributed by atoms with Crippen LogP contribution in [0.1, 0.15) is 26.6 Å². The van der Waals surface area contributed by atoms with Crippen LogP contribution in [0.2, 0.25) is 0 Å². The molecule has 0 aliphatic carbocycles. The minimum absolute atomic E-state index is 0.0251. The molecular formula is C25H29N5O5S. The van der Waals surface area contributed by atoms with E-state index in [2.05, 4.69) is 15.3 Å². The van der Waals surface area contributed by atoms with Gasteiger partial charge in [-0.05, 0) is 31.2 Å². The molecule has 0 bridgehead atoms. The van der Waals surface area contributed by atoms with Crippen LogP contribution in [0.4, 0.5) is 0 Å². The van der Waals surface area contributed by atoms with Crippen molar-refractivity contribution in [3.05, 3.63) is 66.9 Å². The Labute approximate surface area is 210 Å². The van der Waals surface area contributed by atoms with Gasteiger partial charge >= 0.3 is 0 Å². The molecule has 1 saturated heterocycles. The van der Waals surface area contributed by atoms with Crippen LogP contribution in [0.5, 0.6) is 0 Å². The van der Waals surface area contributed by atoms with Crippen LogP contribution in [-0.4, -0.2) is 64.6 Å². The van der Waals surface area contributed by atoms with Crippen molar-refractivity contribution in [2.45, 2.75) is 44.3 Å². The minimum atomic E-state index is -3.84. The number of benzene rings is 1. The molecule has 4 rings (SSSR count). The van der Waals surface area contributed by atoms with Gasteiger partial charge in [-0.3, -0.25) is 9.59 Å². The largest absolute Gasteiger partial charge is 0.464 e. The van der Waals surface area contributed by atoms with Gasteiger partial charge in [0, 0.05) is 37.4 Å². The molecular weight excluding hydrogens is 482 g/mol. The highest BCUT2D eigenvalue weighted by Gasteiger charge is 2.43. The summed E-state index contributed by atoms with van der Waals surface area (Å²) in [6, 6.07) is 10.1. The lowest BCUT2D eigenvalue weighted by Crippen LogP contribution is -2.65. The summed E-state index contributed by atoms with van der Waals surface area (Å²) in [4.78, 5) is 36.5. The second kappa shape index (κ2) is 10.6. The summed E-state index contributed by atoms with van der Waals surface area (Å²) in [5.41, 5.74) is 0.701. The third-order valence-electron chi connectivity index (χ3n) is 6.02. The van der Waals surface area contributed by atoms with Crippen molar-refractivity contribution in [1.29, 1.82) is 0 Å². The summed E-state index contributed by atoms with van der Waals surface area (Å²) in [5.74, 6) is -0.0270. The van der Waals surface area contributed by atoms with Crippen molar-refractivity contribution in [2.75, 3.05) is 13.1 Å². The molecule has 36 heavy (non-hydrogen) atoms. The molecule has 2 amide bonds. The standard InChI is InChI=1S/C25H29N5O5S/c1-17(2)25(32)30-18(3)15-29(36(33,34)20-8-5-4-6-9-20)16-21(30)24(31)28-14-23-26-12-19(13-27-23)22-10-7-11-35-22/h4-13,17-18,21H,14-16H2,1-3H3,(H,28,31). The van der Waals surface area contributed by atoms with Crippen LogP contribution in [0.3, 0.4) is 0 Å². The van der Waals surface area contributed by atoms with Crippen LogP contribution >= 0.6 is 0 Å². The number of amides is 2. The zero-order valence-corrected chi connectivity index (χ0v) is 21.2. The van der Waals surface area contributed by atoms with E-state index in [0.29, 0.717) is 17.1 Å². The Balaban J connectivity index is 1.53. The third kappa shape index (κ3) is 5.31. The van der Waals surface area contributed by atoms with Gasteiger partial charge in [-0.15, -0.1) is 0 Å². The summed E-state index contributed by atoms with van der Waals surface area (Å²) in [6.07, 6.45) is 4.75. The average Bonchev–Trinajstić information content (AvgIpc) is 3.42. The van der Waals surface area contributed by atoms with Crippen LogP contribution in [0, 0.1) is 5.92 Å². The van der Waals surface area contributed by atoms with Crippen LogP contribution in [0.15, 0.2) is 70.4 Å². The number of nitrogens with zero attached hydrogens (tertiary/aromatic N) is 4. The molecule has 1 N–H and O–H groups in total. The highest BCUT2D eigenvalue weighted by molar-refractivity contribution is 7.89. The third-order valence-corrected chi connectivity index (χ3v) is 7.86. The molecule has 2 atom stereocenters. The summed E-state index contributed by atoms with van der Waals surface area (Å²) >= 11 is 0. The molecule has 3 heterocycles. The first-order valence-corrected chi connectivity index (χ1v) is 13.1. The van der Waals surface area contributed by atoms with E-state index in [1.165, 1.54) is 21.3 Å². The molecule has 3 aromatic rings. The number of sulfonamides is 1. The fourth-order valence-electron chi connectivity index (χ4n) is 4.16. The first-order valence-electron chi connectivity index (χ1n) is 11.7. The lowest BCUT2D eigenvalue weighted by atomic mass is 10.0. The predicted octanol–water partition coefficient (Wildman–Crippen LogP) is 2.30. The second-order valence-corrected chi connectivity index (χ2v) is 10.9. The van der Waals surface area contributed by atoms with Gasteiger partial charge in [-0.2, -0.15) is 4.31 Å². The maximum Gasteiger partial charge on any atom is 0.244 e. The molecule has 0 saturated carbocycles. The van der Waals surface area contributed by atoms with E-state index in [1.807, 2.05) is 0 Å². The van der Waals surface area contributed by atoms with E-state index in [4.69, 9.17) is 4.42 Å². The molecule has 11 heteroatoms. The Hall–Kier alpha value is -3.57. The van der Waals surface area contributed by atoms with Crippen LogP contribution in [0.25, 0.3) is 11.3 Å². The maximum absolute atomic E-state index is 13.3. The highest BCUT2D eigenvalue weighted by Crippen LogP contribution is 2.25. The monoisotopic (exact) mass is 511 g/mol. The summed E-state index contributed by atoms with van der Waals surface area (Å²) in [6.45, 7) is 5.24. The second-order valence-electron chi connectivity index (χ2n) is 8.98. The zero-order valence-electron chi connectivity index (χ0n) is 20.4. The average molecular weight is 512 g/mol. The predicted molar refractivity (Wildman–Crippen MR) is 132 cm³/mol. The van der Waals surface area contributed by atoms with Gasteiger partial charge in [0.15, 0.2) is 0 Å². The molecule has 2 aromatic heterocycles. The van der Waals surface area contributed by atoms with E-state index in [9.17, 15) is 18.0 Å². The lowest BCUT2D eigenvalue weighted by Gasteiger charge is -2.44. The van der Waals surface area contributed by atoms with E-state index >= 15 is 0 Å². The Bertz CT molecular complexity index is 1290. The van der Waals surface area contributed by atoms with Crippen LogP contribution in [-0.2, 0) is 26.2 Å². The van der Waals surface area contributed by atoms with Gasteiger partial charge in [0.2, 0.25) is 21.8 Å². The number of carbonyl (C=O) groups is 2. The number of nitrogens with one attached hydrogen (secondary N) is 1. The van der Waals surface area contributed by atoms with E-state index in [1.54, 1.807) is 69.8 Å². The molecule has 2 unspecified atom stereocenters. The van der Waals surface area contributed by atoms with E-state index < -0.39 is 28.0 Å². The Morgan fingerprint density at radius 1 is 1.08 bits per heavy atom. The molecule has 0 spiro atoms. The van der Waals surface area contributed by atoms with Crippen molar-refractivity contribution < 1.29 is 22.4 Å². The molecule has 10 nitrogen and oxygen atoms in total. The van der Waals surface area contributed by atoms with Gasteiger partial charge < -0.3 is 14.6 Å². The summed E-state index contributed by atoms with van der Waals surface area (Å²) < 4.78 is 33.2. The van der Waals surface area contributed by atoms with Gasteiger partial charge in [0.05, 0.1) is 23.3 Å². The molecule has 190 valence electrons. The summed E-state index contributed by atoms with van der Waals surface area (Å²) in [7, 11) is -3.84. The number of rotatable bonds is 7. The number of hydrogen-bond donors (Lipinski definition) is 1. The van der Waals surface area contributed by atoms with Crippen LogP contribution < -0.4 is 5.32 Å². The first-order chi connectivity index (χ1) is 17.2. The number of carbonyl (C=O) groups excluding carboxylic acids is 2. The van der Waals surface area contributed by atoms with E-state index in [-0.39, 0.29) is 36.4 Å². The number of piperazine rings is 1. The van der Waals surface area contributed by atoms with Gasteiger partial charge in [0.25, 0.3) is 0 Å². The molecule has 1 aromatic carbocycles. The van der Waals surface area contributed by atoms with Crippen molar-refractivity contribution in [3.63, 3.8) is 0 Å². The number of aromatic nitrogens is 2. The molecule has 1 aliphatic heterocycles. The topological polar surface area (TPSA) is 126 Å². The number of furan rings is 1. The summed E-state index contributed by atoms with van der Waals surface area (Å²) in [5, 5.41) is 2.78. The quantitative estimate of drug-likeness (QED) is 0.516. The lowest BCUT2D eigenvalue weighted by molar-refractivity contribution is -0.148. The smallest absolute Gasteiger partial charge is 0.244 e. The maximum atomic E-state index is 13.3. The molecule has 1 aliphatic rings. The fourth-order valence-corrected chi connectivity index (χ4v) is 5.71. The Morgan fingerprint density at radius 2 is 1.78 bits per heavy atom. The fraction of sp³-hybridized carbons (Fsp3) is 0.360. The van der Waals surface area contributed by atoms with Crippen molar-refractivity contribution in [2.24, 2.45) is 5.92 Å². The first kappa shape index (κ1) is 25.5. The normalized spacial score (nSPS) is 18.8. The highest BCUT2D eigenvalue weighted by atomic mass is 32.2.